The molecule has 2 aromatic rings. The number of hydrogen-bond acceptors (Lipinski definition) is 5. The quantitative estimate of drug-likeness (QED) is 0.505. The fourth-order valence-electron chi connectivity index (χ4n) is 2.22. The maximum absolute atomic E-state index is 12.5. The van der Waals surface area contributed by atoms with Crippen molar-refractivity contribution in [3.63, 3.8) is 0 Å². The maximum Gasteiger partial charge on any atom is 0.321 e. The topological polar surface area (TPSA) is 109 Å². The molecule has 0 aliphatic carbocycles. The summed E-state index contributed by atoms with van der Waals surface area (Å²) in [6, 6.07) is 12.8. The number of nitrogens with one attached hydrogen (secondary N) is 4. The molecule has 0 unspecified atom stereocenters. The first kappa shape index (κ1) is 21.2. The molecule has 0 aliphatic heterocycles. The van der Waals surface area contributed by atoms with Gasteiger partial charge in [-0.15, -0.1) is 0 Å². The molecule has 0 aliphatic rings. The fraction of sp³-hybridized carbons (Fsp3) is 0.211. The molecule has 4 N–H and O–H groups in total. The number of rotatable bonds is 8. The van der Waals surface area contributed by atoms with Gasteiger partial charge in [0.2, 0.25) is 5.91 Å². The van der Waals surface area contributed by atoms with E-state index in [2.05, 4.69) is 21.3 Å². The number of para-hydroxylation sites is 1. The Bertz CT molecular complexity index is 827. The molecule has 0 saturated heterocycles. The van der Waals surface area contributed by atoms with E-state index in [9.17, 15) is 14.4 Å². The van der Waals surface area contributed by atoms with E-state index in [1.165, 1.54) is 7.11 Å². The first-order chi connectivity index (χ1) is 13.5. The standard InChI is InChI=1S/C19H21ClN4O4/c1-28-11-10-21-19(27)24-17(25)12-22-16-5-3-2-4-15(16)18(26)23-14-8-6-13(20)7-9-14/h2-9,22H,10-12H2,1H3,(H,23,26)(H2,21,24,25,27). The minimum atomic E-state index is -0.613. The SMILES string of the molecule is COCCNC(=O)NC(=O)CNc1ccccc1C(=O)Nc1ccc(Cl)cc1. The van der Waals surface area contributed by atoms with E-state index in [0.29, 0.717) is 28.6 Å². The molecule has 148 valence electrons. The number of halogens is 1. The van der Waals surface area contributed by atoms with Gasteiger partial charge in [0.15, 0.2) is 0 Å². The summed E-state index contributed by atoms with van der Waals surface area (Å²) in [5, 5.41) is 10.8. The van der Waals surface area contributed by atoms with Gasteiger partial charge < -0.3 is 20.7 Å². The Kier molecular flexibility index (Phi) is 8.26. The van der Waals surface area contributed by atoms with Crippen LogP contribution >= 0.6 is 11.6 Å². The van der Waals surface area contributed by atoms with Gasteiger partial charge in [0, 0.05) is 30.1 Å². The van der Waals surface area contributed by atoms with Gasteiger partial charge in [-0.25, -0.2) is 4.79 Å². The molecule has 0 aromatic heterocycles. The van der Waals surface area contributed by atoms with Gasteiger partial charge in [-0.05, 0) is 36.4 Å². The van der Waals surface area contributed by atoms with Crippen LogP contribution in [-0.4, -0.2) is 44.7 Å². The third-order valence-electron chi connectivity index (χ3n) is 3.56. The van der Waals surface area contributed by atoms with Crippen LogP contribution < -0.4 is 21.3 Å². The van der Waals surface area contributed by atoms with Crippen molar-refractivity contribution >= 4 is 40.8 Å². The number of amides is 4. The summed E-state index contributed by atoms with van der Waals surface area (Å²) >= 11 is 5.84. The Labute approximate surface area is 167 Å². The summed E-state index contributed by atoms with van der Waals surface area (Å²) in [6.45, 7) is 0.454. The number of urea groups is 1. The van der Waals surface area contributed by atoms with Crippen LogP contribution in [0.25, 0.3) is 0 Å². The zero-order valence-corrected chi connectivity index (χ0v) is 16.0. The smallest absolute Gasteiger partial charge is 0.321 e. The van der Waals surface area contributed by atoms with Crippen molar-refractivity contribution in [3.8, 4) is 0 Å². The Balaban J connectivity index is 1.92. The molecule has 0 atom stereocenters. The van der Waals surface area contributed by atoms with Crippen LogP contribution in [0.2, 0.25) is 5.02 Å². The van der Waals surface area contributed by atoms with Crippen LogP contribution in [0.1, 0.15) is 10.4 Å². The third-order valence-corrected chi connectivity index (χ3v) is 3.81. The van der Waals surface area contributed by atoms with Gasteiger partial charge in [-0.3, -0.25) is 14.9 Å². The summed E-state index contributed by atoms with van der Waals surface area (Å²) in [4.78, 5) is 36.0. The van der Waals surface area contributed by atoms with Gasteiger partial charge in [0.1, 0.15) is 0 Å². The lowest BCUT2D eigenvalue weighted by molar-refractivity contribution is -0.118. The maximum atomic E-state index is 12.5. The predicted octanol–water partition coefficient (Wildman–Crippen LogP) is 2.48. The highest BCUT2D eigenvalue weighted by Crippen LogP contribution is 2.18. The molecule has 0 heterocycles. The molecule has 0 radical (unpaired) electrons. The fourth-order valence-corrected chi connectivity index (χ4v) is 2.35. The minimum absolute atomic E-state index is 0.178. The largest absolute Gasteiger partial charge is 0.383 e. The molecular weight excluding hydrogens is 384 g/mol. The van der Waals surface area contributed by atoms with Gasteiger partial charge in [-0.1, -0.05) is 23.7 Å². The van der Waals surface area contributed by atoms with E-state index < -0.39 is 11.9 Å². The van der Waals surface area contributed by atoms with Crippen LogP contribution in [0, 0.1) is 0 Å². The summed E-state index contributed by atoms with van der Waals surface area (Å²) < 4.78 is 4.80. The lowest BCUT2D eigenvalue weighted by Gasteiger charge is -2.12. The van der Waals surface area contributed by atoms with E-state index in [1.54, 1.807) is 48.5 Å². The molecule has 8 nitrogen and oxygen atoms in total. The molecule has 2 rings (SSSR count). The predicted molar refractivity (Wildman–Crippen MR) is 108 cm³/mol. The van der Waals surface area contributed by atoms with Crippen LogP contribution in [0.4, 0.5) is 16.2 Å². The van der Waals surface area contributed by atoms with E-state index in [0.717, 1.165) is 0 Å². The van der Waals surface area contributed by atoms with Gasteiger partial charge in [0.25, 0.3) is 5.91 Å². The number of hydrogen-bond donors (Lipinski definition) is 4. The van der Waals surface area contributed by atoms with Gasteiger partial charge in [0.05, 0.1) is 18.7 Å². The van der Waals surface area contributed by atoms with Crippen molar-refractivity contribution in [2.24, 2.45) is 0 Å². The van der Waals surface area contributed by atoms with Crippen molar-refractivity contribution in [3.05, 3.63) is 59.1 Å². The highest BCUT2D eigenvalue weighted by Gasteiger charge is 2.13. The highest BCUT2D eigenvalue weighted by atomic mass is 35.5. The van der Waals surface area contributed by atoms with Crippen LogP contribution in [-0.2, 0) is 9.53 Å². The van der Waals surface area contributed by atoms with Crippen LogP contribution in [0.3, 0.4) is 0 Å². The normalized spacial score (nSPS) is 10.1. The first-order valence-corrected chi connectivity index (χ1v) is 8.84. The van der Waals surface area contributed by atoms with E-state index >= 15 is 0 Å². The molecular formula is C19H21ClN4O4. The summed E-state index contributed by atoms with van der Waals surface area (Å²) in [5.41, 5.74) is 1.41. The second-order valence-corrected chi connectivity index (χ2v) is 6.09. The van der Waals surface area contributed by atoms with Crippen molar-refractivity contribution in [1.29, 1.82) is 0 Å². The number of imide groups is 1. The first-order valence-electron chi connectivity index (χ1n) is 8.46. The Morgan fingerprint density at radius 3 is 2.46 bits per heavy atom. The zero-order chi connectivity index (χ0) is 20.4. The lowest BCUT2D eigenvalue weighted by Crippen LogP contribution is -2.43. The van der Waals surface area contributed by atoms with Crippen molar-refractivity contribution < 1.29 is 19.1 Å². The molecule has 2 aromatic carbocycles. The molecule has 0 bridgehead atoms. The molecule has 0 spiro atoms. The van der Waals surface area contributed by atoms with Crippen molar-refractivity contribution in [2.45, 2.75) is 0 Å². The number of anilines is 2. The van der Waals surface area contributed by atoms with Gasteiger partial charge in [-0.2, -0.15) is 0 Å². The van der Waals surface area contributed by atoms with Crippen LogP contribution in [0.15, 0.2) is 48.5 Å². The molecule has 0 saturated carbocycles. The van der Waals surface area contributed by atoms with E-state index in [4.69, 9.17) is 16.3 Å². The monoisotopic (exact) mass is 404 g/mol. The molecule has 0 fully saturated rings. The average molecular weight is 405 g/mol. The van der Waals surface area contributed by atoms with Crippen molar-refractivity contribution in [1.82, 2.24) is 10.6 Å². The Hall–Kier alpha value is -3.10. The Morgan fingerprint density at radius 1 is 1.04 bits per heavy atom. The van der Waals surface area contributed by atoms with E-state index in [-0.39, 0.29) is 19.0 Å². The summed E-state index contributed by atoms with van der Waals surface area (Å²) in [7, 11) is 1.51. The second kappa shape index (κ2) is 10.9. The zero-order valence-electron chi connectivity index (χ0n) is 15.3. The van der Waals surface area contributed by atoms with Gasteiger partial charge >= 0.3 is 6.03 Å². The lowest BCUT2D eigenvalue weighted by atomic mass is 10.1. The number of ether oxygens (including phenoxy) is 1. The second-order valence-electron chi connectivity index (χ2n) is 5.66. The number of carbonyl (C=O) groups is 3. The summed E-state index contributed by atoms with van der Waals surface area (Å²) in [5.74, 6) is -0.883. The highest BCUT2D eigenvalue weighted by molar-refractivity contribution is 6.30. The van der Waals surface area contributed by atoms with Crippen LogP contribution in [0.5, 0.6) is 0 Å². The number of benzene rings is 2. The average Bonchev–Trinajstić information content (AvgIpc) is 2.68. The summed E-state index contributed by atoms with van der Waals surface area (Å²) in [6.07, 6.45) is 0. The number of methoxy groups -OCH3 is 1. The minimum Gasteiger partial charge on any atom is -0.383 e. The Morgan fingerprint density at radius 2 is 1.75 bits per heavy atom. The van der Waals surface area contributed by atoms with E-state index in [1.807, 2.05) is 0 Å². The molecule has 28 heavy (non-hydrogen) atoms. The molecule has 9 heteroatoms. The molecule has 4 amide bonds. The number of carbonyl (C=O) groups excluding carboxylic acids is 3. The third kappa shape index (κ3) is 6.90. The van der Waals surface area contributed by atoms with Crippen molar-refractivity contribution in [2.75, 3.05) is 37.4 Å².